The lowest BCUT2D eigenvalue weighted by Gasteiger charge is -2.13. The Bertz CT molecular complexity index is 853. The number of aromatic amines is 1. The molecule has 1 fully saturated rings. The van der Waals surface area contributed by atoms with Gasteiger partial charge in [-0.05, 0) is 36.1 Å². The molecule has 1 saturated heterocycles. The van der Waals surface area contributed by atoms with Gasteiger partial charge in [0.2, 0.25) is 5.91 Å². The zero-order chi connectivity index (χ0) is 17.8. The Morgan fingerprint density at radius 2 is 1.96 bits per heavy atom. The van der Waals surface area contributed by atoms with E-state index in [9.17, 15) is 9.59 Å². The summed E-state index contributed by atoms with van der Waals surface area (Å²) in [5.41, 5.74) is 3.55. The lowest BCUT2D eigenvalue weighted by Crippen LogP contribution is -2.23. The van der Waals surface area contributed by atoms with Crippen LogP contribution in [0, 0.1) is 0 Å². The predicted octanol–water partition coefficient (Wildman–Crippen LogP) is 3.69. The highest BCUT2D eigenvalue weighted by molar-refractivity contribution is 6.30. The van der Waals surface area contributed by atoms with Gasteiger partial charge in [-0.3, -0.25) is 9.59 Å². The molecule has 0 radical (unpaired) electrons. The second kappa shape index (κ2) is 7.70. The van der Waals surface area contributed by atoms with Crippen LogP contribution in [0.2, 0.25) is 5.02 Å². The van der Waals surface area contributed by atoms with Gasteiger partial charge in [0.15, 0.2) is 0 Å². The van der Waals surface area contributed by atoms with Crippen LogP contribution in [0.3, 0.4) is 0 Å². The molecule has 1 aromatic carbocycles. The van der Waals surface area contributed by atoms with Crippen LogP contribution in [0.25, 0.3) is 5.57 Å². The number of pyridine rings is 1. The Morgan fingerprint density at radius 1 is 1.20 bits per heavy atom. The summed E-state index contributed by atoms with van der Waals surface area (Å²) < 4.78 is 0. The molecule has 2 aromatic rings. The fourth-order valence-corrected chi connectivity index (χ4v) is 3.17. The summed E-state index contributed by atoms with van der Waals surface area (Å²) >= 11 is 5.86. The van der Waals surface area contributed by atoms with Crippen molar-refractivity contribution in [2.45, 2.75) is 38.6 Å². The summed E-state index contributed by atoms with van der Waals surface area (Å²) in [5, 5.41) is 3.11. The van der Waals surface area contributed by atoms with Crippen molar-refractivity contribution in [1.82, 2.24) is 10.3 Å². The van der Waals surface area contributed by atoms with Crippen LogP contribution >= 0.6 is 11.6 Å². The first-order chi connectivity index (χ1) is 12.1. The van der Waals surface area contributed by atoms with Crippen LogP contribution in [0.5, 0.6) is 0 Å². The molecule has 1 aliphatic rings. The number of hydrogen-bond acceptors (Lipinski definition) is 2. The maximum atomic E-state index is 11.9. The first kappa shape index (κ1) is 17.5. The zero-order valence-electron chi connectivity index (χ0n) is 14.1. The van der Waals surface area contributed by atoms with Crippen molar-refractivity contribution in [3.8, 4) is 0 Å². The third-order valence-corrected chi connectivity index (χ3v) is 4.65. The van der Waals surface area contributed by atoms with Crippen LogP contribution in [0.15, 0.2) is 47.3 Å². The summed E-state index contributed by atoms with van der Waals surface area (Å²) in [6.45, 7) is 2.15. The van der Waals surface area contributed by atoms with Crippen molar-refractivity contribution in [1.29, 1.82) is 0 Å². The number of halogens is 1. The van der Waals surface area contributed by atoms with Gasteiger partial charge < -0.3 is 10.3 Å². The van der Waals surface area contributed by atoms with E-state index in [-0.39, 0.29) is 22.5 Å². The number of H-pyrrole nitrogens is 1. The quantitative estimate of drug-likeness (QED) is 0.858. The van der Waals surface area contributed by atoms with Crippen molar-refractivity contribution in [2.75, 3.05) is 0 Å². The molecule has 1 aromatic heterocycles. The fourth-order valence-electron chi connectivity index (χ4n) is 3.06. The van der Waals surface area contributed by atoms with Crippen LogP contribution in [0.4, 0.5) is 0 Å². The van der Waals surface area contributed by atoms with Gasteiger partial charge in [-0.15, -0.1) is 0 Å². The van der Waals surface area contributed by atoms with E-state index in [1.807, 2.05) is 6.08 Å². The Labute approximate surface area is 151 Å². The Balaban J connectivity index is 2.01. The summed E-state index contributed by atoms with van der Waals surface area (Å²) in [4.78, 5) is 26.3. The second-order valence-corrected chi connectivity index (χ2v) is 6.70. The molecule has 0 bridgehead atoms. The monoisotopic (exact) mass is 356 g/mol. The van der Waals surface area contributed by atoms with Crippen LogP contribution in [-0.2, 0) is 11.2 Å². The second-order valence-electron chi connectivity index (χ2n) is 6.29. The smallest absolute Gasteiger partial charge is 0.267 e. The molecule has 1 atom stereocenters. The first-order valence-electron chi connectivity index (χ1n) is 8.56. The van der Waals surface area contributed by atoms with E-state index in [2.05, 4.69) is 41.5 Å². The van der Waals surface area contributed by atoms with E-state index in [0.717, 1.165) is 30.4 Å². The zero-order valence-corrected chi connectivity index (χ0v) is 14.9. The number of hydrogen-bond donors (Lipinski definition) is 2. The van der Waals surface area contributed by atoms with Crippen molar-refractivity contribution in [2.24, 2.45) is 0 Å². The molecule has 0 unspecified atom stereocenters. The molecular formula is C20H21ClN2O2. The molecule has 2 N–H and O–H groups in total. The molecule has 0 saturated carbocycles. The number of carbonyl (C=O) groups excluding carboxylic acids is 1. The molecule has 1 aliphatic heterocycles. The number of aromatic nitrogens is 1. The highest BCUT2D eigenvalue weighted by atomic mass is 35.5. The minimum Gasteiger partial charge on any atom is -0.350 e. The van der Waals surface area contributed by atoms with Crippen molar-refractivity contribution >= 4 is 23.1 Å². The Kier molecular flexibility index (Phi) is 5.39. The predicted molar refractivity (Wildman–Crippen MR) is 101 cm³/mol. The highest BCUT2D eigenvalue weighted by Gasteiger charge is 2.20. The molecule has 1 amide bonds. The highest BCUT2D eigenvalue weighted by Crippen LogP contribution is 2.25. The van der Waals surface area contributed by atoms with E-state index in [0.29, 0.717) is 12.1 Å². The SMILES string of the molecule is CCCc1ccc(/C(=C/[C@H]2CCC(=O)N2)c2ccc(Cl)c(=O)[nH]2)cc1. The number of benzene rings is 1. The fraction of sp³-hybridized carbons (Fsp3) is 0.300. The maximum absolute atomic E-state index is 11.9. The molecule has 2 heterocycles. The minimum absolute atomic E-state index is 0.0306. The standard InChI is InChI=1S/C20H21ClN2O2/c1-2-3-13-4-6-14(7-5-13)16(12-15-8-11-19(24)22-15)18-10-9-17(21)20(25)23-18/h4-7,9-10,12,15H,2-3,8,11H2,1H3,(H,22,24)(H,23,25)/b16-12-/t15-/m1/s1. The van der Waals surface area contributed by atoms with Gasteiger partial charge in [0.05, 0.1) is 0 Å². The van der Waals surface area contributed by atoms with Gasteiger partial charge in [0.25, 0.3) is 5.56 Å². The maximum Gasteiger partial charge on any atom is 0.267 e. The van der Waals surface area contributed by atoms with E-state index >= 15 is 0 Å². The third-order valence-electron chi connectivity index (χ3n) is 4.35. The van der Waals surface area contributed by atoms with Crippen LogP contribution in [-0.4, -0.2) is 16.9 Å². The number of aryl methyl sites for hydroxylation is 1. The van der Waals surface area contributed by atoms with E-state index in [4.69, 9.17) is 11.6 Å². The van der Waals surface area contributed by atoms with Crippen molar-refractivity contribution in [3.63, 3.8) is 0 Å². The topological polar surface area (TPSA) is 62.0 Å². The summed E-state index contributed by atoms with van der Waals surface area (Å²) in [6, 6.07) is 11.7. The van der Waals surface area contributed by atoms with Gasteiger partial charge in [0.1, 0.15) is 5.02 Å². The number of amides is 1. The summed E-state index contributed by atoms with van der Waals surface area (Å²) in [5.74, 6) is 0.0588. The number of carbonyl (C=O) groups is 1. The van der Waals surface area contributed by atoms with Gasteiger partial charge >= 0.3 is 0 Å². The van der Waals surface area contributed by atoms with Gasteiger partial charge in [-0.1, -0.05) is 55.3 Å². The van der Waals surface area contributed by atoms with E-state index < -0.39 is 0 Å². The molecule has 0 spiro atoms. The third kappa shape index (κ3) is 4.20. The lowest BCUT2D eigenvalue weighted by molar-refractivity contribution is -0.119. The van der Waals surface area contributed by atoms with Crippen molar-refractivity contribution in [3.05, 3.63) is 74.7 Å². The summed E-state index contributed by atoms with van der Waals surface area (Å²) in [6.07, 6.45) is 5.43. The minimum atomic E-state index is -0.317. The van der Waals surface area contributed by atoms with E-state index in [1.165, 1.54) is 5.56 Å². The van der Waals surface area contributed by atoms with Gasteiger partial charge in [-0.25, -0.2) is 0 Å². The van der Waals surface area contributed by atoms with Gasteiger partial charge in [-0.2, -0.15) is 0 Å². The molecule has 130 valence electrons. The average Bonchev–Trinajstić information content (AvgIpc) is 3.02. The number of nitrogens with one attached hydrogen (secondary N) is 2. The van der Waals surface area contributed by atoms with Crippen molar-refractivity contribution < 1.29 is 4.79 Å². The normalized spacial score (nSPS) is 17.6. The van der Waals surface area contributed by atoms with E-state index in [1.54, 1.807) is 12.1 Å². The molecular weight excluding hydrogens is 336 g/mol. The van der Waals surface area contributed by atoms with Crippen LogP contribution < -0.4 is 10.9 Å². The molecule has 0 aliphatic carbocycles. The molecule has 5 heteroatoms. The average molecular weight is 357 g/mol. The van der Waals surface area contributed by atoms with Gasteiger partial charge in [0, 0.05) is 23.7 Å². The lowest BCUT2D eigenvalue weighted by atomic mass is 9.97. The Hall–Kier alpha value is -2.33. The first-order valence-corrected chi connectivity index (χ1v) is 8.94. The largest absolute Gasteiger partial charge is 0.350 e. The number of rotatable bonds is 5. The molecule has 3 rings (SSSR count). The Morgan fingerprint density at radius 3 is 2.56 bits per heavy atom. The van der Waals surface area contributed by atoms with Crippen LogP contribution in [0.1, 0.15) is 43.0 Å². The molecule has 25 heavy (non-hydrogen) atoms. The summed E-state index contributed by atoms with van der Waals surface area (Å²) in [7, 11) is 0. The molecule has 4 nitrogen and oxygen atoms in total.